The number of hydrogen-bond acceptors (Lipinski definition) is 5. The molecule has 1 aliphatic rings. The third-order valence-electron chi connectivity index (χ3n) is 5.56. The number of aryl methyl sites for hydroxylation is 1. The highest BCUT2D eigenvalue weighted by Gasteiger charge is 2.21. The van der Waals surface area contributed by atoms with Gasteiger partial charge in [-0.2, -0.15) is 5.10 Å². The Bertz CT molecular complexity index is 988. The van der Waals surface area contributed by atoms with Crippen molar-refractivity contribution in [1.29, 1.82) is 0 Å². The van der Waals surface area contributed by atoms with E-state index in [4.69, 9.17) is 5.73 Å². The van der Waals surface area contributed by atoms with Crippen molar-refractivity contribution >= 4 is 16.9 Å². The minimum Gasteiger partial charge on any atom is -0.508 e. The normalized spacial score (nSPS) is 19.6. The molecule has 0 unspecified atom stereocenters. The lowest BCUT2D eigenvalue weighted by molar-refractivity contribution is 0.0944. The fourth-order valence-electron chi connectivity index (χ4n) is 3.86. The van der Waals surface area contributed by atoms with E-state index in [1.54, 1.807) is 30.3 Å². The van der Waals surface area contributed by atoms with E-state index in [0.717, 1.165) is 42.3 Å². The predicted octanol–water partition coefficient (Wildman–Crippen LogP) is 2.89. The molecule has 2 aromatic heterocycles. The number of fused-ring (bicyclic) bond motifs is 1. The number of aromatic amines is 1. The van der Waals surface area contributed by atoms with Gasteiger partial charge >= 0.3 is 0 Å². The SMILES string of the molecule is Cc1[nH]nc2nc(-c3ccc(O)cc3)cc(C(=O)NCC3CCC(N)CC3)c12. The summed E-state index contributed by atoms with van der Waals surface area (Å²) in [5, 5.41) is 20.5. The maximum Gasteiger partial charge on any atom is 0.252 e. The largest absolute Gasteiger partial charge is 0.508 e. The summed E-state index contributed by atoms with van der Waals surface area (Å²) >= 11 is 0. The zero-order valence-corrected chi connectivity index (χ0v) is 15.9. The molecule has 0 saturated heterocycles. The number of rotatable bonds is 4. The van der Waals surface area contributed by atoms with E-state index in [2.05, 4.69) is 20.5 Å². The van der Waals surface area contributed by atoms with E-state index in [-0.39, 0.29) is 11.7 Å². The number of aromatic nitrogens is 3. The molecule has 5 N–H and O–H groups in total. The standard InChI is InChI=1S/C21H25N5O2/c1-12-19-17(21(28)23-11-13-2-6-15(22)7-3-13)10-18(24-20(19)26-25-12)14-4-8-16(27)9-5-14/h4-5,8-10,13,15,27H,2-3,6-7,11,22H2,1H3,(H,23,28)(H,24,25,26). The Kier molecular flexibility index (Phi) is 5.00. The van der Waals surface area contributed by atoms with Gasteiger partial charge in [-0.25, -0.2) is 4.98 Å². The van der Waals surface area contributed by atoms with Gasteiger partial charge in [0, 0.05) is 23.8 Å². The number of carbonyl (C=O) groups is 1. The molecule has 1 saturated carbocycles. The van der Waals surface area contributed by atoms with Gasteiger partial charge in [-0.05, 0) is 68.9 Å². The average Bonchev–Trinajstić information content (AvgIpc) is 3.08. The van der Waals surface area contributed by atoms with Gasteiger partial charge in [0.15, 0.2) is 5.65 Å². The highest BCUT2D eigenvalue weighted by Crippen LogP contribution is 2.27. The van der Waals surface area contributed by atoms with Crippen LogP contribution in [0.2, 0.25) is 0 Å². The number of phenols is 1. The third kappa shape index (κ3) is 3.71. The average molecular weight is 379 g/mol. The number of amides is 1. The molecule has 0 spiro atoms. The molecule has 1 fully saturated rings. The van der Waals surface area contributed by atoms with Crippen molar-refractivity contribution in [3.05, 3.63) is 41.6 Å². The van der Waals surface area contributed by atoms with Gasteiger partial charge in [0.2, 0.25) is 0 Å². The summed E-state index contributed by atoms with van der Waals surface area (Å²) in [6, 6.07) is 8.85. The van der Waals surface area contributed by atoms with Gasteiger partial charge in [0.05, 0.1) is 16.6 Å². The van der Waals surface area contributed by atoms with Crippen LogP contribution in [0.25, 0.3) is 22.3 Å². The maximum atomic E-state index is 13.0. The molecule has 0 aliphatic heterocycles. The smallest absolute Gasteiger partial charge is 0.252 e. The van der Waals surface area contributed by atoms with Crippen molar-refractivity contribution in [2.75, 3.05) is 6.54 Å². The first-order valence-electron chi connectivity index (χ1n) is 9.70. The van der Waals surface area contributed by atoms with Crippen LogP contribution in [0, 0.1) is 12.8 Å². The Hall–Kier alpha value is -2.93. The number of nitrogens with two attached hydrogens (primary N) is 1. The number of nitrogens with zero attached hydrogens (tertiary/aromatic N) is 2. The number of phenolic OH excluding ortho intramolecular Hbond substituents is 1. The molecule has 2 heterocycles. The summed E-state index contributed by atoms with van der Waals surface area (Å²) in [5.41, 5.74) is 9.32. The highest BCUT2D eigenvalue weighted by molar-refractivity contribution is 6.07. The molecule has 146 valence electrons. The molecule has 1 amide bonds. The van der Waals surface area contributed by atoms with E-state index < -0.39 is 0 Å². The molecule has 0 atom stereocenters. The van der Waals surface area contributed by atoms with E-state index >= 15 is 0 Å². The number of carbonyl (C=O) groups excluding carboxylic acids is 1. The van der Waals surface area contributed by atoms with Crippen LogP contribution in [0.15, 0.2) is 30.3 Å². The Morgan fingerprint density at radius 1 is 1.25 bits per heavy atom. The molecule has 28 heavy (non-hydrogen) atoms. The van der Waals surface area contributed by atoms with Gasteiger partial charge in [-0.15, -0.1) is 0 Å². The van der Waals surface area contributed by atoms with Crippen molar-refractivity contribution < 1.29 is 9.90 Å². The van der Waals surface area contributed by atoms with Crippen LogP contribution < -0.4 is 11.1 Å². The summed E-state index contributed by atoms with van der Waals surface area (Å²) in [6.07, 6.45) is 4.14. The highest BCUT2D eigenvalue weighted by atomic mass is 16.3. The summed E-state index contributed by atoms with van der Waals surface area (Å²) in [6.45, 7) is 2.54. The zero-order chi connectivity index (χ0) is 19.7. The fourth-order valence-corrected chi connectivity index (χ4v) is 3.86. The van der Waals surface area contributed by atoms with E-state index in [1.807, 2.05) is 6.92 Å². The molecule has 1 aromatic carbocycles. The lowest BCUT2D eigenvalue weighted by atomic mass is 9.86. The molecule has 0 bridgehead atoms. The van der Waals surface area contributed by atoms with Crippen LogP contribution >= 0.6 is 0 Å². The first kappa shape index (κ1) is 18.4. The minimum absolute atomic E-state index is 0.119. The summed E-state index contributed by atoms with van der Waals surface area (Å²) in [7, 11) is 0. The zero-order valence-electron chi connectivity index (χ0n) is 15.9. The van der Waals surface area contributed by atoms with Crippen LogP contribution in [-0.2, 0) is 0 Å². The molecular weight excluding hydrogens is 354 g/mol. The Morgan fingerprint density at radius 3 is 2.68 bits per heavy atom. The van der Waals surface area contributed by atoms with Crippen LogP contribution in [-0.4, -0.2) is 38.8 Å². The van der Waals surface area contributed by atoms with Crippen LogP contribution in [0.3, 0.4) is 0 Å². The second-order valence-corrected chi connectivity index (χ2v) is 7.64. The second-order valence-electron chi connectivity index (χ2n) is 7.64. The van der Waals surface area contributed by atoms with Crippen molar-refractivity contribution in [3.63, 3.8) is 0 Å². The lowest BCUT2D eigenvalue weighted by Gasteiger charge is -2.26. The predicted molar refractivity (Wildman–Crippen MR) is 108 cm³/mol. The Balaban J connectivity index is 1.62. The van der Waals surface area contributed by atoms with E-state index in [9.17, 15) is 9.90 Å². The number of nitrogens with one attached hydrogen (secondary N) is 2. The number of pyridine rings is 1. The van der Waals surface area contributed by atoms with Crippen LogP contribution in [0.5, 0.6) is 5.75 Å². The van der Waals surface area contributed by atoms with E-state index in [0.29, 0.717) is 35.4 Å². The van der Waals surface area contributed by atoms with Crippen LogP contribution in [0.1, 0.15) is 41.7 Å². The topological polar surface area (TPSA) is 117 Å². The molecule has 1 aliphatic carbocycles. The van der Waals surface area contributed by atoms with Gasteiger partial charge < -0.3 is 16.2 Å². The number of benzene rings is 1. The maximum absolute atomic E-state index is 13.0. The second kappa shape index (κ2) is 7.59. The van der Waals surface area contributed by atoms with Crippen molar-refractivity contribution in [2.45, 2.75) is 38.6 Å². The Morgan fingerprint density at radius 2 is 1.96 bits per heavy atom. The number of aromatic hydroxyl groups is 1. The molecule has 3 aromatic rings. The summed E-state index contributed by atoms with van der Waals surface area (Å²) in [4.78, 5) is 17.6. The minimum atomic E-state index is -0.119. The monoisotopic (exact) mass is 379 g/mol. The number of hydrogen-bond donors (Lipinski definition) is 4. The van der Waals surface area contributed by atoms with E-state index in [1.165, 1.54) is 0 Å². The molecular formula is C21H25N5O2. The van der Waals surface area contributed by atoms with Gasteiger partial charge in [0.25, 0.3) is 5.91 Å². The van der Waals surface area contributed by atoms with Crippen molar-refractivity contribution in [2.24, 2.45) is 11.7 Å². The molecule has 7 nitrogen and oxygen atoms in total. The Labute approximate surface area is 163 Å². The fraction of sp³-hybridized carbons (Fsp3) is 0.381. The molecule has 0 radical (unpaired) electrons. The van der Waals surface area contributed by atoms with Gasteiger partial charge in [-0.3, -0.25) is 9.89 Å². The number of H-pyrrole nitrogens is 1. The van der Waals surface area contributed by atoms with Crippen molar-refractivity contribution in [3.8, 4) is 17.0 Å². The first-order chi connectivity index (χ1) is 13.5. The van der Waals surface area contributed by atoms with Gasteiger partial charge in [-0.1, -0.05) is 0 Å². The quantitative estimate of drug-likeness (QED) is 0.556. The van der Waals surface area contributed by atoms with Crippen LogP contribution in [0.4, 0.5) is 0 Å². The first-order valence-corrected chi connectivity index (χ1v) is 9.70. The van der Waals surface area contributed by atoms with Crippen molar-refractivity contribution in [1.82, 2.24) is 20.5 Å². The summed E-state index contributed by atoms with van der Waals surface area (Å²) < 4.78 is 0. The molecule has 7 heteroatoms. The molecule has 4 rings (SSSR count). The van der Waals surface area contributed by atoms with Gasteiger partial charge in [0.1, 0.15) is 5.75 Å². The summed E-state index contributed by atoms with van der Waals surface area (Å²) in [5.74, 6) is 0.542. The lowest BCUT2D eigenvalue weighted by Crippen LogP contribution is -2.34. The third-order valence-corrected chi connectivity index (χ3v) is 5.56.